The summed E-state index contributed by atoms with van der Waals surface area (Å²) in [5.41, 5.74) is 0. The molecule has 0 aliphatic heterocycles. The molecule has 1 aromatic heterocycles. The SMILES string of the molecule is Clc1ccccc1OCc1ncon1. The van der Waals surface area contributed by atoms with Crippen LogP contribution in [0.3, 0.4) is 0 Å². The van der Waals surface area contributed by atoms with Crippen molar-refractivity contribution in [1.29, 1.82) is 0 Å². The lowest BCUT2D eigenvalue weighted by molar-refractivity contribution is 0.287. The molecule has 14 heavy (non-hydrogen) atoms. The van der Waals surface area contributed by atoms with Crippen LogP contribution < -0.4 is 4.74 Å². The predicted octanol–water partition coefficient (Wildman–Crippen LogP) is 2.30. The summed E-state index contributed by atoms with van der Waals surface area (Å²) in [5.74, 6) is 1.10. The molecule has 0 spiro atoms. The quantitative estimate of drug-likeness (QED) is 0.780. The Labute approximate surface area is 85.5 Å². The summed E-state index contributed by atoms with van der Waals surface area (Å²) < 4.78 is 9.92. The third-order valence-electron chi connectivity index (χ3n) is 1.60. The molecule has 0 saturated heterocycles. The molecule has 0 N–H and O–H groups in total. The molecule has 0 saturated carbocycles. The van der Waals surface area contributed by atoms with Gasteiger partial charge in [-0.25, -0.2) is 0 Å². The van der Waals surface area contributed by atoms with Gasteiger partial charge >= 0.3 is 0 Å². The van der Waals surface area contributed by atoms with Gasteiger partial charge in [0, 0.05) is 0 Å². The van der Waals surface area contributed by atoms with E-state index in [4.69, 9.17) is 16.3 Å². The molecule has 1 heterocycles. The fraction of sp³-hybridized carbons (Fsp3) is 0.111. The Bertz CT molecular complexity index is 403. The molecule has 2 rings (SSSR count). The first-order chi connectivity index (χ1) is 6.86. The fourth-order valence-electron chi connectivity index (χ4n) is 0.960. The van der Waals surface area contributed by atoms with Gasteiger partial charge in [0.05, 0.1) is 5.02 Å². The van der Waals surface area contributed by atoms with Crippen LogP contribution in [0.4, 0.5) is 0 Å². The third kappa shape index (κ3) is 2.03. The average Bonchev–Trinajstić information content (AvgIpc) is 2.69. The van der Waals surface area contributed by atoms with E-state index in [0.717, 1.165) is 0 Å². The number of benzene rings is 1. The maximum atomic E-state index is 5.88. The number of para-hydroxylation sites is 1. The van der Waals surface area contributed by atoms with Crippen LogP contribution in [0.15, 0.2) is 35.2 Å². The Morgan fingerprint density at radius 2 is 2.21 bits per heavy atom. The Morgan fingerprint density at radius 3 is 2.93 bits per heavy atom. The van der Waals surface area contributed by atoms with E-state index >= 15 is 0 Å². The van der Waals surface area contributed by atoms with Crippen LogP contribution in [0.1, 0.15) is 5.82 Å². The van der Waals surface area contributed by atoms with Gasteiger partial charge in [0.15, 0.2) is 6.61 Å². The van der Waals surface area contributed by atoms with Crippen LogP contribution in [-0.4, -0.2) is 10.1 Å². The highest BCUT2D eigenvalue weighted by molar-refractivity contribution is 6.32. The topological polar surface area (TPSA) is 48.2 Å². The van der Waals surface area contributed by atoms with E-state index in [1.165, 1.54) is 6.39 Å². The van der Waals surface area contributed by atoms with Crippen LogP contribution in [0.25, 0.3) is 0 Å². The van der Waals surface area contributed by atoms with Gasteiger partial charge in [-0.3, -0.25) is 0 Å². The van der Waals surface area contributed by atoms with Crippen molar-refractivity contribution < 1.29 is 9.26 Å². The molecule has 0 amide bonds. The van der Waals surface area contributed by atoms with E-state index in [-0.39, 0.29) is 6.61 Å². The van der Waals surface area contributed by atoms with E-state index in [1.807, 2.05) is 12.1 Å². The van der Waals surface area contributed by atoms with Gasteiger partial charge in [-0.15, -0.1) is 0 Å². The van der Waals surface area contributed by atoms with Gasteiger partial charge in [-0.2, -0.15) is 4.98 Å². The Hall–Kier alpha value is -1.55. The summed E-state index contributed by atoms with van der Waals surface area (Å²) in [5, 5.41) is 4.17. The summed E-state index contributed by atoms with van der Waals surface area (Å²) in [7, 11) is 0. The van der Waals surface area contributed by atoms with Crippen LogP contribution in [0.5, 0.6) is 5.75 Å². The monoisotopic (exact) mass is 210 g/mol. The van der Waals surface area contributed by atoms with Crippen LogP contribution in [-0.2, 0) is 6.61 Å². The molecule has 5 heteroatoms. The normalized spacial score (nSPS) is 10.1. The van der Waals surface area contributed by atoms with Crippen molar-refractivity contribution in [2.75, 3.05) is 0 Å². The summed E-state index contributed by atoms with van der Waals surface area (Å²) >= 11 is 5.88. The van der Waals surface area contributed by atoms with Crippen LogP contribution in [0.2, 0.25) is 5.02 Å². The van der Waals surface area contributed by atoms with Crippen molar-refractivity contribution in [1.82, 2.24) is 10.1 Å². The van der Waals surface area contributed by atoms with Gasteiger partial charge in [-0.1, -0.05) is 28.9 Å². The number of rotatable bonds is 3. The number of halogens is 1. The molecule has 0 fully saturated rings. The molecule has 1 aromatic carbocycles. The zero-order valence-corrected chi connectivity index (χ0v) is 7.94. The molecule has 0 bridgehead atoms. The lowest BCUT2D eigenvalue weighted by atomic mass is 10.3. The van der Waals surface area contributed by atoms with Crippen molar-refractivity contribution in [3.8, 4) is 5.75 Å². The Balaban J connectivity index is 2.02. The second-order valence-corrected chi connectivity index (χ2v) is 2.97. The first kappa shape index (κ1) is 9.02. The summed E-state index contributed by atoms with van der Waals surface area (Å²) in [6.07, 6.45) is 1.26. The maximum Gasteiger partial charge on any atom is 0.213 e. The number of ether oxygens (including phenoxy) is 1. The summed E-state index contributed by atoms with van der Waals surface area (Å²) in [6, 6.07) is 7.22. The fourth-order valence-corrected chi connectivity index (χ4v) is 1.15. The highest BCUT2D eigenvalue weighted by atomic mass is 35.5. The van der Waals surface area contributed by atoms with Crippen molar-refractivity contribution >= 4 is 11.6 Å². The highest BCUT2D eigenvalue weighted by Crippen LogP contribution is 2.23. The van der Waals surface area contributed by atoms with Gasteiger partial charge in [0.1, 0.15) is 5.75 Å². The second-order valence-electron chi connectivity index (χ2n) is 2.57. The summed E-state index contributed by atoms with van der Waals surface area (Å²) in [6.45, 7) is 0.250. The minimum atomic E-state index is 0.250. The van der Waals surface area contributed by atoms with Gasteiger partial charge in [0.25, 0.3) is 0 Å². The second kappa shape index (κ2) is 4.11. The molecule has 0 aliphatic rings. The lowest BCUT2D eigenvalue weighted by Crippen LogP contribution is -1.97. The molecule has 2 aromatic rings. The summed E-state index contributed by atoms with van der Waals surface area (Å²) in [4.78, 5) is 3.82. The first-order valence-corrected chi connectivity index (χ1v) is 4.36. The predicted molar refractivity (Wildman–Crippen MR) is 50.1 cm³/mol. The average molecular weight is 211 g/mol. The minimum absolute atomic E-state index is 0.250. The molecule has 0 atom stereocenters. The molecule has 0 unspecified atom stereocenters. The van der Waals surface area contributed by atoms with E-state index in [0.29, 0.717) is 16.6 Å². The molecule has 0 aliphatic carbocycles. The highest BCUT2D eigenvalue weighted by Gasteiger charge is 2.02. The third-order valence-corrected chi connectivity index (χ3v) is 1.91. The molecular weight excluding hydrogens is 204 g/mol. The Morgan fingerprint density at radius 1 is 1.36 bits per heavy atom. The van der Waals surface area contributed by atoms with Gasteiger partial charge in [0.2, 0.25) is 12.2 Å². The van der Waals surface area contributed by atoms with Crippen LogP contribution >= 0.6 is 11.6 Å². The van der Waals surface area contributed by atoms with E-state index in [2.05, 4.69) is 14.7 Å². The van der Waals surface area contributed by atoms with Crippen molar-refractivity contribution in [2.45, 2.75) is 6.61 Å². The maximum absolute atomic E-state index is 5.88. The zero-order valence-electron chi connectivity index (χ0n) is 7.18. The largest absolute Gasteiger partial charge is 0.484 e. The lowest BCUT2D eigenvalue weighted by Gasteiger charge is -2.04. The molecule has 72 valence electrons. The number of aromatic nitrogens is 2. The first-order valence-electron chi connectivity index (χ1n) is 3.99. The van der Waals surface area contributed by atoms with E-state index in [1.54, 1.807) is 12.1 Å². The van der Waals surface area contributed by atoms with E-state index < -0.39 is 0 Å². The van der Waals surface area contributed by atoms with Gasteiger partial charge < -0.3 is 9.26 Å². The van der Waals surface area contributed by atoms with Crippen LogP contribution in [0, 0.1) is 0 Å². The standard InChI is InChI=1S/C9H7ClN2O2/c10-7-3-1-2-4-8(7)13-5-9-11-6-14-12-9/h1-4,6H,5H2. The minimum Gasteiger partial charge on any atom is -0.484 e. The number of nitrogens with zero attached hydrogens (tertiary/aromatic N) is 2. The van der Waals surface area contributed by atoms with E-state index in [9.17, 15) is 0 Å². The number of hydrogen-bond acceptors (Lipinski definition) is 4. The molecule has 4 nitrogen and oxygen atoms in total. The smallest absolute Gasteiger partial charge is 0.213 e. The van der Waals surface area contributed by atoms with Gasteiger partial charge in [-0.05, 0) is 12.1 Å². The van der Waals surface area contributed by atoms with Crippen molar-refractivity contribution in [2.24, 2.45) is 0 Å². The van der Waals surface area contributed by atoms with Crippen molar-refractivity contribution in [3.05, 3.63) is 41.5 Å². The van der Waals surface area contributed by atoms with Crippen molar-refractivity contribution in [3.63, 3.8) is 0 Å². The molecular formula is C9H7ClN2O2. The Kier molecular flexibility index (Phi) is 2.65. The number of hydrogen-bond donors (Lipinski definition) is 0. The molecule has 0 radical (unpaired) electrons. The zero-order chi connectivity index (χ0) is 9.80.